The van der Waals surface area contributed by atoms with E-state index in [2.05, 4.69) is 76.0 Å². The molecule has 1 N–H and O–H groups in total. The quantitative estimate of drug-likeness (QED) is 0.783. The fourth-order valence-corrected chi connectivity index (χ4v) is 3.12. The minimum Gasteiger partial charge on any atom is -0.309 e. The first-order valence-electron chi connectivity index (χ1n) is 6.96. The summed E-state index contributed by atoms with van der Waals surface area (Å²) >= 11 is 2.07. The highest BCUT2D eigenvalue weighted by molar-refractivity contribution is 7.99. The topological polar surface area (TPSA) is 12.0 Å². The molecule has 102 valence electrons. The van der Waals surface area contributed by atoms with Crippen LogP contribution < -0.4 is 5.32 Å². The molecule has 0 aliphatic carbocycles. The summed E-state index contributed by atoms with van der Waals surface area (Å²) in [6.45, 7) is 12.2. The van der Waals surface area contributed by atoms with Crippen LogP contribution in [0.4, 0.5) is 0 Å². The van der Waals surface area contributed by atoms with Gasteiger partial charge in [0.25, 0.3) is 0 Å². The summed E-state index contributed by atoms with van der Waals surface area (Å²) < 4.78 is 0. The Morgan fingerprint density at radius 3 is 2.22 bits per heavy atom. The molecule has 0 aromatic heterocycles. The maximum atomic E-state index is 3.62. The van der Waals surface area contributed by atoms with Gasteiger partial charge in [-0.25, -0.2) is 0 Å². The van der Waals surface area contributed by atoms with E-state index >= 15 is 0 Å². The van der Waals surface area contributed by atoms with E-state index in [1.54, 1.807) is 0 Å². The average Bonchev–Trinajstić information content (AvgIpc) is 2.34. The van der Waals surface area contributed by atoms with Gasteiger partial charge in [-0.05, 0) is 30.7 Å². The Kier molecular flexibility index (Phi) is 6.80. The molecule has 0 heterocycles. The highest BCUT2D eigenvalue weighted by Crippen LogP contribution is 2.27. The first kappa shape index (κ1) is 15.6. The van der Waals surface area contributed by atoms with Gasteiger partial charge in [0.15, 0.2) is 0 Å². The Hall–Kier alpha value is -0.470. The number of benzene rings is 1. The molecule has 0 spiro atoms. The lowest BCUT2D eigenvalue weighted by Gasteiger charge is -2.25. The Morgan fingerprint density at radius 2 is 1.72 bits per heavy atom. The molecule has 2 unspecified atom stereocenters. The van der Waals surface area contributed by atoms with Gasteiger partial charge >= 0.3 is 0 Å². The van der Waals surface area contributed by atoms with Crippen molar-refractivity contribution in [1.29, 1.82) is 0 Å². The van der Waals surface area contributed by atoms with Crippen LogP contribution in [-0.4, -0.2) is 17.5 Å². The summed E-state index contributed by atoms with van der Waals surface area (Å²) in [5.74, 6) is 1.99. The van der Waals surface area contributed by atoms with Crippen LogP contribution in [-0.2, 0) is 0 Å². The van der Waals surface area contributed by atoms with Crippen LogP contribution >= 0.6 is 11.8 Å². The van der Waals surface area contributed by atoms with E-state index in [9.17, 15) is 0 Å². The molecule has 0 bridgehead atoms. The van der Waals surface area contributed by atoms with E-state index in [1.807, 2.05) is 0 Å². The van der Waals surface area contributed by atoms with E-state index < -0.39 is 0 Å². The molecule has 0 aliphatic rings. The van der Waals surface area contributed by atoms with E-state index in [4.69, 9.17) is 0 Å². The predicted octanol–water partition coefficient (Wildman–Crippen LogP) is 4.42. The van der Waals surface area contributed by atoms with Gasteiger partial charge in [-0.3, -0.25) is 0 Å². The average molecular weight is 265 g/mol. The molecule has 1 aromatic carbocycles. The van der Waals surface area contributed by atoms with Crippen molar-refractivity contribution < 1.29 is 0 Å². The predicted molar refractivity (Wildman–Crippen MR) is 84.4 cm³/mol. The molecule has 0 saturated carbocycles. The molecule has 18 heavy (non-hydrogen) atoms. The van der Waals surface area contributed by atoms with Gasteiger partial charge < -0.3 is 5.32 Å². The Morgan fingerprint density at radius 1 is 1.11 bits per heavy atom. The summed E-state index contributed by atoms with van der Waals surface area (Å²) in [4.78, 5) is 0. The van der Waals surface area contributed by atoms with Crippen molar-refractivity contribution in [3.8, 4) is 0 Å². The van der Waals surface area contributed by atoms with E-state index in [1.165, 1.54) is 16.9 Å². The molecular formula is C16H27NS. The maximum Gasteiger partial charge on any atom is 0.0437 e. The van der Waals surface area contributed by atoms with Crippen molar-refractivity contribution in [3.63, 3.8) is 0 Å². The monoisotopic (exact) mass is 265 g/mol. The van der Waals surface area contributed by atoms with Gasteiger partial charge in [0.05, 0.1) is 0 Å². The molecule has 1 nitrogen and oxygen atoms in total. The smallest absolute Gasteiger partial charge is 0.0437 e. The normalized spacial score (nSPS) is 14.8. The molecule has 2 heteroatoms. The lowest BCUT2D eigenvalue weighted by Crippen LogP contribution is -2.28. The fourth-order valence-electron chi connectivity index (χ4n) is 1.99. The second kappa shape index (κ2) is 7.85. The lowest BCUT2D eigenvalue weighted by molar-refractivity contribution is 0.547. The summed E-state index contributed by atoms with van der Waals surface area (Å²) in [5.41, 5.74) is 2.74. The molecule has 0 fully saturated rings. The van der Waals surface area contributed by atoms with Crippen LogP contribution in [0, 0.1) is 12.8 Å². The third kappa shape index (κ3) is 5.03. The van der Waals surface area contributed by atoms with E-state index in [0.29, 0.717) is 11.3 Å². The van der Waals surface area contributed by atoms with Crippen molar-refractivity contribution >= 4 is 11.8 Å². The number of hydrogen-bond acceptors (Lipinski definition) is 2. The van der Waals surface area contributed by atoms with Crippen LogP contribution in [0.1, 0.15) is 44.9 Å². The van der Waals surface area contributed by atoms with Gasteiger partial charge in [0.2, 0.25) is 0 Å². The molecular weight excluding hydrogens is 238 g/mol. The van der Waals surface area contributed by atoms with E-state index in [-0.39, 0.29) is 0 Å². The minimum absolute atomic E-state index is 0.458. The standard InChI is InChI=1S/C16H27NS/c1-6-17-16(14(5)18-11-12(2)3)15-9-7-13(4)8-10-15/h7-10,12,14,16-17H,6,11H2,1-5H3. The van der Waals surface area contributed by atoms with Crippen molar-refractivity contribution in [1.82, 2.24) is 5.32 Å². The minimum atomic E-state index is 0.458. The molecule has 1 rings (SSSR count). The first-order chi connectivity index (χ1) is 8.54. The second-order valence-electron chi connectivity index (χ2n) is 5.38. The fraction of sp³-hybridized carbons (Fsp3) is 0.625. The van der Waals surface area contributed by atoms with Gasteiger partial charge in [0.1, 0.15) is 0 Å². The number of thioether (sulfide) groups is 1. The number of aryl methyl sites for hydroxylation is 1. The molecule has 1 aromatic rings. The van der Waals surface area contributed by atoms with Gasteiger partial charge in [-0.15, -0.1) is 0 Å². The third-order valence-corrected chi connectivity index (χ3v) is 4.68. The van der Waals surface area contributed by atoms with E-state index in [0.717, 1.165) is 12.5 Å². The molecule has 0 amide bonds. The Bertz CT molecular complexity index is 331. The zero-order valence-electron chi connectivity index (χ0n) is 12.4. The van der Waals surface area contributed by atoms with Crippen molar-refractivity contribution in [2.24, 2.45) is 5.92 Å². The summed E-state index contributed by atoms with van der Waals surface area (Å²) in [7, 11) is 0. The third-order valence-electron chi connectivity index (χ3n) is 3.02. The van der Waals surface area contributed by atoms with Crippen molar-refractivity contribution in [2.75, 3.05) is 12.3 Å². The highest BCUT2D eigenvalue weighted by Gasteiger charge is 2.18. The van der Waals surface area contributed by atoms with Crippen molar-refractivity contribution in [3.05, 3.63) is 35.4 Å². The molecule has 0 radical (unpaired) electrons. The van der Waals surface area contributed by atoms with Crippen LogP contribution in [0.5, 0.6) is 0 Å². The SMILES string of the molecule is CCNC(c1ccc(C)cc1)C(C)SCC(C)C. The van der Waals surface area contributed by atoms with Crippen LogP contribution in [0.25, 0.3) is 0 Å². The maximum absolute atomic E-state index is 3.62. The number of hydrogen-bond donors (Lipinski definition) is 1. The summed E-state index contributed by atoms with van der Waals surface area (Å²) in [5, 5.41) is 4.23. The van der Waals surface area contributed by atoms with Gasteiger partial charge in [-0.2, -0.15) is 11.8 Å². The number of rotatable bonds is 7. The molecule has 0 saturated heterocycles. The van der Waals surface area contributed by atoms with Gasteiger partial charge in [0, 0.05) is 11.3 Å². The largest absolute Gasteiger partial charge is 0.309 e. The zero-order chi connectivity index (χ0) is 13.5. The zero-order valence-corrected chi connectivity index (χ0v) is 13.2. The van der Waals surface area contributed by atoms with Gasteiger partial charge in [-0.1, -0.05) is 57.5 Å². The van der Waals surface area contributed by atoms with Crippen LogP contribution in [0.3, 0.4) is 0 Å². The van der Waals surface area contributed by atoms with Crippen LogP contribution in [0.15, 0.2) is 24.3 Å². The van der Waals surface area contributed by atoms with Crippen molar-refractivity contribution in [2.45, 2.75) is 45.9 Å². The second-order valence-corrected chi connectivity index (χ2v) is 6.79. The summed E-state index contributed by atoms with van der Waals surface area (Å²) in [6, 6.07) is 9.39. The molecule has 2 atom stereocenters. The Labute approximate surface area is 117 Å². The Balaban J connectivity index is 2.71. The lowest BCUT2D eigenvalue weighted by atomic mass is 10.0. The van der Waals surface area contributed by atoms with Crippen LogP contribution in [0.2, 0.25) is 0 Å². The highest BCUT2D eigenvalue weighted by atomic mass is 32.2. The molecule has 0 aliphatic heterocycles. The number of nitrogens with one attached hydrogen (secondary N) is 1. The summed E-state index contributed by atoms with van der Waals surface area (Å²) in [6.07, 6.45) is 0. The first-order valence-corrected chi connectivity index (χ1v) is 8.01.